The number of amides is 2. The third-order valence-electron chi connectivity index (χ3n) is 3.61. The summed E-state index contributed by atoms with van der Waals surface area (Å²) in [6.45, 7) is 4.21. The van der Waals surface area contributed by atoms with E-state index in [1.54, 1.807) is 0 Å². The molecule has 1 aromatic carbocycles. The molecular formula is C16H20N4OS. The van der Waals surface area contributed by atoms with Gasteiger partial charge in [-0.05, 0) is 12.5 Å². The molecule has 1 aliphatic heterocycles. The number of carbonyl (C=O) groups is 1. The zero-order valence-corrected chi connectivity index (χ0v) is 13.5. The fraction of sp³-hybridized carbons (Fsp3) is 0.375. The standard InChI is InChI=1S/C16H20N4OS/c1-13-11-15(17-16(21)19-7-9-22-10-8-19)20(18-13)12-14-5-3-2-4-6-14/h2-6,11H,7-10,12H2,1H3,(H,17,21). The van der Waals surface area contributed by atoms with E-state index >= 15 is 0 Å². The first kappa shape index (κ1) is 15.0. The van der Waals surface area contributed by atoms with Crippen LogP contribution in [0, 0.1) is 6.92 Å². The summed E-state index contributed by atoms with van der Waals surface area (Å²) in [4.78, 5) is 14.2. The van der Waals surface area contributed by atoms with Crippen molar-refractivity contribution in [1.82, 2.24) is 14.7 Å². The van der Waals surface area contributed by atoms with Gasteiger partial charge in [0, 0.05) is 30.7 Å². The maximum absolute atomic E-state index is 12.3. The van der Waals surface area contributed by atoms with Crippen molar-refractivity contribution < 1.29 is 4.79 Å². The molecule has 6 heteroatoms. The highest BCUT2D eigenvalue weighted by Gasteiger charge is 2.18. The van der Waals surface area contributed by atoms with Gasteiger partial charge in [-0.2, -0.15) is 16.9 Å². The highest BCUT2D eigenvalue weighted by atomic mass is 32.2. The van der Waals surface area contributed by atoms with Crippen molar-refractivity contribution in [3.8, 4) is 0 Å². The van der Waals surface area contributed by atoms with Crippen LogP contribution >= 0.6 is 11.8 Å². The Morgan fingerprint density at radius 1 is 1.27 bits per heavy atom. The van der Waals surface area contributed by atoms with Crippen LogP contribution in [0.3, 0.4) is 0 Å². The van der Waals surface area contributed by atoms with E-state index in [4.69, 9.17) is 0 Å². The van der Waals surface area contributed by atoms with Crippen molar-refractivity contribution in [3.05, 3.63) is 47.7 Å². The highest BCUT2D eigenvalue weighted by Crippen LogP contribution is 2.15. The van der Waals surface area contributed by atoms with Crippen LogP contribution in [0.25, 0.3) is 0 Å². The smallest absolute Gasteiger partial charge is 0.323 e. The summed E-state index contributed by atoms with van der Waals surface area (Å²) < 4.78 is 1.85. The number of thioether (sulfide) groups is 1. The maximum Gasteiger partial charge on any atom is 0.323 e. The van der Waals surface area contributed by atoms with Crippen LogP contribution in [-0.2, 0) is 6.54 Å². The second kappa shape index (κ2) is 6.87. The van der Waals surface area contributed by atoms with Gasteiger partial charge in [-0.1, -0.05) is 30.3 Å². The molecule has 1 aromatic heterocycles. The Kier molecular flexibility index (Phi) is 4.68. The maximum atomic E-state index is 12.3. The SMILES string of the molecule is Cc1cc(NC(=O)N2CCSCC2)n(Cc2ccccc2)n1. The lowest BCUT2D eigenvalue weighted by Crippen LogP contribution is -2.41. The molecule has 2 amide bonds. The van der Waals surface area contributed by atoms with Crippen LogP contribution in [0.15, 0.2) is 36.4 Å². The number of nitrogens with one attached hydrogen (secondary N) is 1. The third-order valence-corrected chi connectivity index (χ3v) is 4.55. The summed E-state index contributed by atoms with van der Waals surface area (Å²) in [5.74, 6) is 2.77. The second-order valence-electron chi connectivity index (χ2n) is 5.34. The number of rotatable bonds is 3. The molecule has 0 radical (unpaired) electrons. The van der Waals surface area contributed by atoms with Gasteiger partial charge in [0.25, 0.3) is 0 Å². The van der Waals surface area contributed by atoms with Crippen molar-refractivity contribution in [2.75, 3.05) is 29.9 Å². The number of carbonyl (C=O) groups excluding carboxylic acids is 1. The van der Waals surface area contributed by atoms with Crippen LogP contribution in [0.5, 0.6) is 0 Å². The van der Waals surface area contributed by atoms with Gasteiger partial charge in [-0.25, -0.2) is 9.48 Å². The van der Waals surface area contributed by atoms with Gasteiger partial charge in [-0.3, -0.25) is 5.32 Å². The first-order valence-electron chi connectivity index (χ1n) is 7.44. The summed E-state index contributed by atoms with van der Waals surface area (Å²) in [6.07, 6.45) is 0. The number of aryl methyl sites for hydroxylation is 1. The molecule has 0 spiro atoms. The minimum atomic E-state index is -0.0329. The molecule has 0 atom stereocenters. The Labute approximate surface area is 134 Å². The normalized spacial score (nSPS) is 14.9. The van der Waals surface area contributed by atoms with Gasteiger partial charge < -0.3 is 4.90 Å². The Hall–Kier alpha value is -1.95. The number of anilines is 1. The quantitative estimate of drug-likeness (QED) is 0.947. The summed E-state index contributed by atoms with van der Waals surface area (Å²) in [6, 6.07) is 12.0. The molecule has 3 rings (SSSR count). The number of urea groups is 1. The highest BCUT2D eigenvalue weighted by molar-refractivity contribution is 7.99. The molecule has 116 valence electrons. The fourth-order valence-corrected chi connectivity index (χ4v) is 3.38. The topological polar surface area (TPSA) is 50.2 Å². The molecule has 0 aliphatic carbocycles. The van der Waals surface area contributed by atoms with E-state index in [-0.39, 0.29) is 6.03 Å². The minimum absolute atomic E-state index is 0.0329. The molecule has 22 heavy (non-hydrogen) atoms. The Morgan fingerprint density at radius 2 is 2.00 bits per heavy atom. The molecule has 0 bridgehead atoms. The molecular weight excluding hydrogens is 296 g/mol. The third kappa shape index (κ3) is 3.62. The predicted octanol–water partition coefficient (Wildman–Crippen LogP) is 2.82. The van der Waals surface area contributed by atoms with Crippen LogP contribution in [0.2, 0.25) is 0 Å². The van der Waals surface area contributed by atoms with Gasteiger partial charge in [0.15, 0.2) is 0 Å². The summed E-state index contributed by atoms with van der Waals surface area (Å²) in [7, 11) is 0. The van der Waals surface area contributed by atoms with Crippen LogP contribution in [0.1, 0.15) is 11.3 Å². The van der Waals surface area contributed by atoms with E-state index in [1.807, 2.05) is 52.5 Å². The van der Waals surface area contributed by atoms with E-state index in [1.165, 1.54) is 0 Å². The van der Waals surface area contributed by atoms with Gasteiger partial charge in [-0.15, -0.1) is 0 Å². The van der Waals surface area contributed by atoms with E-state index in [0.717, 1.165) is 41.7 Å². The first-order chi connectivity index (χ1) is 10.7. The Morgan fingerprint density at radius 3 is 2.73 bits per heavy atom. The van der Waals surface area contributed by atoms with Gasteiger partial charge in [0.1, 0.15) is 5.82 Å². The minimum Gasteiger partial charge on any atom is -0.323 e. The summed E-state index contributed by atoms with van der Waals surface area (Å²) in [5.41, 5.74) is 2.07. The fourth-order valence-electron chi connectivity index (χ4n) is 2.48. The molecule has 1 N–H and O–H groups in total. The lowest BCUT2D eigenvalue weighted by molar-refractivity contribution is 0.216. The lowest BCUT2D eigenvalue weighted by atomic mass is 10.2. The largest absolute Gasteiger partial charge is 0.323 e. The number of hydrogen-bond acceptors (Lipinski definition) is 3. The molecule has 1 aliphatic rings. The van der Waals surface area contributed by atoms with E-state index in [2.05, 4.69) is 22.5 Å². The number of benzene rings is 1. The van der Waals surface area contributed by atoms with Gasteiger partial charge in [0.2, 0.25) is 0 Å². The number of aromatic nitrogens is 2. The van der Waals surface area contributed by atoms with Crippen molar-refractivity contribution >= 4 is 23.6 Å². The Balaban J connectivity index is 1.72. The lowest BCUT2D eigenvalue weighted by Gasteiger charge is -2.26. The van der Waals surface area contributed by atoms with E-state index < -0.39 is 0 Å². The zero-order valence-electron chi connectivity index (χ0n) is 12.7. The molecule has 1 fully saturated rings. The molecule has 5 nitrogen and oxygen atoms in total. The van der Waals surface area contributed by atoms with Gasteiger partial charge >= 0.3 is 6.03 Å². The molecule has 0 unspecified atom stereocenters. The van der Waals surface area contributed by atoms with Crippen LogP contribution in [0.4, 0.5) is 10.6 Å². The second-order valence-corrected chi connectivity index (χ2v) is 6.57. The van der Waals surface area contributed by atoms with E-state index in [0.29, 0.717) is 6.54 Å². The van der Waals surface area contributed by atoms with Crippen LogP contribution < -0.4 is 5.32 Å². The van der Waals surface area contributed by atoms with Crippen LogP contribution in [-0.4, -0.2) is 45.3 Å². The first-order valence-corrected chi connectivity index (χ1v) is 8.60. The average Bonchev–Trinajstić information content (AvgIpc) is 2.88. The zero-order chi connectivity index (χ0) is 15.4. The predicted molar refractivity (Wildman–Crippen MR) is 90.4 cm³/mol. The molecule has 0 saturated carbocycles. The van der Waals surface area contributed by atoms with Crippen molar-refractivity contribution in [2.45, 2.75) is 13.5 Å². The Bertz CT molecular complexity index is 635. The number of nitrogens with zero attached hydrogens (tertiary/aromatic N) is 3. The van der Waals surface area contributed by atoms with E-state index in [9.17, 15) is 4.79 Å². The molecule has 2 aromatic rings. The molecule has 1 saturated heterocycles. The van der Waals surface area contributed by atoms with Crippen molar-refractivity contribution in [3.63, 3.8) is 0 Å². The summed E-state index contributed by atoms with van der Waals surface area (Å²) >= 11 is 1.89. The monoisotopic (exact) mass is 316 g/mol. The summed E-state index contributed by atoms with van der Waals surface area (Å²) in [5, 5.41) is 7.48. The molecule has 2 heterocycles. The van der Waals surface area contributed by atoms with Gasteiger partial charge in [0.05, 0.1) is 12.2 Å². The number of hydrogen-bond donors (Lipinski definition) is 1. The van der Waals surface area contributed by atoms with Crippen molar-refractivity contribution in [1.29, 1.82) is 0 Å². The van der Waals surface area contributed by atoms with Crippen molar-refractivity contribution in [2.24, 2.45) is 0 Å². The average molecular weight is 316 g/mol.